The van der Waals surface area contributed by atoms with Gasteiger partial charge in [0.15, 0.2) is 0 Å². The van der Waals surface area contributed by atoms with Gasteiger partial charge in [0.25, 0.3) is 5.91 Å². The summed E-state index contributed by atoms with van der Waals surface area (Å²) in [4.78, 5) is 23.8. The van der Waals surface area contributed by atoms with E-state index in [2.05, 4.69) is 5.32 Å². The van der Waals surface area contributed by atoms with Crippen LogP contribution in [-0.2, 0) is 18.0 Å². The highest BCUT2D eigenvalue weighted by atomic mass is 16.5. The van der Waals surface area contributed by atoms with Gasteiger partial charge >= 0.3 is 0 Å². The lowest BCUT2D eigenvalue weighted by Gasteiger charge is -2.13. The molecule has 0 bridgehead atoms. The van der Waals surface area contributed by atoms with Gasteiger partial charge in [-0.2, -0.15) is 0 Å². The fourth-order valence-electron chi connectivity index (χ4n) is 2.90. The quantitative estimate of drug-likeness (QED) is 0.560. The van der Waals surface area contributed by atoms with Crippen LogP contribution in [-0.4, -0.2) is 18.4 Å². The standard InChI is InChI=1S/C24H24N2O4/c1-2-30-22-13-10-19(14-20(22)16-29-15-17-6-4-3-5-7-17)24(28)26-21-11-8-18(9-12-21)23(25)27/h3-14H,2,15-16H2,1H3,(H2,25,27)(H,26,28). The van der Waals surface area contributed by atoms with E-state index in [1.807, 2.05) is 37.3 Å². The highest BCUT2D eigenvalue weighted by Crippen LogP contribution is 2.23. The molecule has 0 saturated heterocycles. The lowest BCUT2D eigenvalue weighted by molar-refractivity contribution is 0.0997. The Morgan fingerprint density at radius 2 is 1.60 bits per heavy atom. The zero-order valence-electron chi connectivity index (χ0n) is 16.8. The van der Waals surface area contributed by atoms with Gasteiger partial charge in [-0.3, -0.25) is 9.59 Å². The van der Waals surface area contributed by atoms with Crippen molar-refractivity contribution in [2.24, 2.45) is 5.73 Å². The minimum atomic E-state index is -0.514. The molecule has 0 aromatic heterocycles. The minimum Gasteiger partial charge on any atom is -0.494 e. The van der Waals surface area contributed by atoms with Crippen LogP contribution >= 0.6 is 0 Å². The lowest BCUT2D eigenvalue weighted by atomic mass is 10.1. The first kappa shape index (κ1) is 21.1. The van der Waals surface area contributed by atoms with E-state index in [9.17, 15) is 9.59 Å². The fourth-order valence-corrected chi connectivity index (χ4v) is 2.90. The molecule has 0 aliphatic rings. The smallest absolute Gasteiger partial charge is 0.255 e. The highest BCUT2D eigenvalue weighted by molar-refractivity contribution is 6.04. The van der Waals surface area contributed by atoms with E-state index in [0.29, 0.717) is 42.4 Å². The average Bonchev–Trinajstić information content (AvgIpc) is 2.76. The van der Waals surface area contributed by atoms with Gasteiger partial charge in [0, 0.05) is 22.4 Å². The van der Waals surface area contributed by atoms with Crippen molar-refractivity contribution >= 4 is 17.5 Å². The van der Waals surface area contributed by atoms with Crippen molar-refractivity contribution in [1.29, 1.82) is 0 Å². The fraction of sp³-hybridized carbons (Fsp3) is 0.167. The van der Waals surface area contributed by atoms with Gasteiger partial charge in [0.2, 0.25) is 5.91 Å². The van der Waals surface area contributed by atoms with Crippen molar-refractivity contribution in [2.75, 3.05) is 11.9 Å². The molecule has 6 nitrogen and oxygen atoms in total. The molecule has 154 valence electrons. The number of carbonyl (C=O) groups excluding carboxylic acids is 2. The average molecular weight is 404 g/mol. The minimum absolute atomic E-state index is 0.269. The third-order valence-electron chi connectivity index (χ3n) is 4.42. The van der Waals surface area contributed by atoms with E-state index < -0.39 is 5.91 Å². The Kier molecular flexibility index (Phi) is 7.19. The molecule has 3 rings (SSSR count). The molecule has 0 heterocycles. The molecule has 2 amide bonds. The summed E-state index contributed by atoms with van der Waals surface area (Å²) in [7, 11) is 0. The Morgan fingerprint density at radius 3 is 2.27 bits per heavy atom. The molecule has 6 heteroatoms. The normalized spacial score (nSPS) is 10.4. The molecule has 3 N–H and O–H groups in total. The van der Waals surface area contributed by atoms with Gasteiger partial charge in [-0.1, -0.05) is 30.3 Å². The third-order valence-corrected chi connectivity index (χ3v) is 4.42. The number of amides is 2. The van der Waals surface area contributed by atoms with Crippen molar-refractivity contribution in [3.05, 3.63) is 95.1 Å². The topological polar surface area (TPSA) is 90.6 Å². The predicted octanol–water partition coefficient (Wildman–Crippen LogP) is 4.15. The van der Waals surface area contributed by atoms with E-state index in [0.717, 1.165) is 11.1 Å². The Hall–Kier alpha value is -3.64. The number of nitrogens with one attached hydrogen (secondary N) is 1. The lowest BCUT2D eigenvalue weighted by Crippen LogP contribution is -2.14. The van der Waals surface area contributed by atoms with Crippen molar-refractivity contribution in [1.82, 2.24) is 0 Å². The molecule has 0 spiro atoms. The molecule has 30 heavy (non-hydrogen) atoms. The summed E-state index contributed by atoms with van der Waals surface area (Å²) in [6.07, 6.45) is 0. The van der Waals surface area contributed by atoms with Crippen molar-refractivity contribution in [2.45, 2.75) is 20.1 Å². The Labute approximate surface area is 175 Å². The van der Waals surface area contributed by atoms with Crippen LogP contribution in [0.15, 0.2) is 72.8 Å². The van der Waals surface area contributed by atoms with Gasteiger partial charge in [0.05, 0.1) is 19.8 Å². The number of nitrogens with two attached hydrogens (primary N) is 1. The van der Waals surface area contributed by atoms with Crippen LogP contribution in [0.2, 0.25) is 0 Å². The van der Waals surface area contributed by atoms with Crippen molar-refractivity contribution in [3.63, 3.8) is 0 Å². The van der Waals surface area contributed by atoms with Gasteiger partial charge in [-0.25, -0.2) is 0 Å². The summed E-state index contributed by atoms with van der Waals surface area (Å²) in [6, 6.07) is 21.5. The molecule has 3 aromatic carbocycles. The summed E-state index contributed by atoms with van der Waals surface area (Å²) >= 11 is 0. The molecule has 3 aromatic rings. The van der Waals surface area contributed by atoms with Gasteiger partial charge in [-0.05, 0) is 55.0 Å². The molecule has 0 radical (unpaired) electrons. The second-order valence-corrected chi connectivity index (χ2v) is 6.63. The number of benzene rings is 3. The first-order chi connectivity index (χ1) is 14.6. The third kappa shape index (κ3) is 5.68. The Balaban J connectivity index is 1.70. The number of anilines is 1. The molecule has 0 saturated carbocycles. The maximum Gasteiger partial charge on any atom is 0.255 e. The monoisotopic (exact) mass is 404 g/mol. The maximum atomic E-state index is 12.7. The number of hydrogen-bond donors (Lipinski definition) is 2. The highest BCUT2D eigenvalue weighted by Gasteiger charge is 2.12. The molecule has 0 unspecified atom stereocenters. The SMILES string of the molecule is CCOc1ccc(C(=O)Nc2ccc(C(N)=O)cc2)cc1COCc1ccccc1. The van der Waals surface area contributed by atoms with Crippen LogP contribution in [0.3, 0.4) is 0 Å². The van der Waals surface area contributed by atoms with Gasteiger partial charge in [0.1, 0.15) is 5.75 Å². The van der Waals surface area contributed by atoms with E-state index in [1.54, 1.807) is 42.5 Å². The number of hydrogen-bond acceptors (Lipinski definition) is 4. The zero-order chi connectivity index (χ0) is 21.3. The van der Waals surface area contributed by atoms with Crippen LogP contribution in [0, 0.1) is 0 Å². The van der Waals surface area contributed by atoms with Crippen molar-refractivity contribution < 1.29 is 19.1 Å². The second-order valence-electron chi connectivity index (χ2n) is 6.63. The van der Waals surface area contributed by atoms with Gasteiger partial charge < -0.3 is 20.5 Å². The van der Waals surface area contributed by atoms with Crippen LogP contribution in [0.5, 0.6) is 5.75 Å². The number of primary amides is 1. The first-order valence-corrected chi connectivity index (χ1v) is 9.65. The second kappa shape index (κ2) is 10.2. The van der Waals surface area contributed by atoms with Crippen LogP contribution < -0.4 is 15.8 Å². The summed E-state index contributed by atoms with van der Waals surface area (Å²) in [5, 5.41) is 2.81. The molecule has 0 atom stereocenters. The molecule has 0 aliphatic heterocycles. The van der Waals surface area contributed by atoms with Crippen molar-refractivity contribution in [3.8, 4) is 5.75 Å². The van der Waals surface area contributed by atoms with Crippen LogP contribution in [0.25, 0.3) is 0 Å². The van der Waals surface area contributed by atoms with E-state index >= 15 is 0 Å². The van der Waals surface area contributed by atoms with Gasteiger partial charge in [-0.15, -0.1) is 0 Å². The molecule has 0 aliphatic carbocycles. The van der Waals surface area contributed by atoms with Crippen LogP contribution in [0.1, 0.15) is 38.8 Å². The van der Waals surface area contributed by atoms with E-state index in [4.69, 9.17) is 15.2 Å². The number of rotatable bonds is 9. The van der Waals surface area contributed by atoms with E-state index in [1.165, 1.54) is 0 Å². The van der Waals surface area contributed by atoms with E-state index in [-0.39, 0.29) is 5.91 Å². The molecule has 0 fully saturated rings. The molecular formula is C24H24N2O4. The Bertz CT molecular complexity index is 1000. The van der Waals surface area contributed by atoms with Crippen LogP contribution in [0.4, 0.5) is 5.69 Å². The number of ether oxygens (including phenoxy) is 2. The summed E-state index contributed by atoms with van der Waals surface area (Å²) in [5.41, 5.74) is 8.54. The Morgan fingerprint density at radius 1 is 0.900 bits per heavy atom. The summed E-state index contributed by atoms with van der Waals surface area (Å²) in [6.45, 7) is 3.21. The summed E-state index contributed by atoms with van der Waals surface area (Å²) in [5.74, 6) is -0.0957. The summed E-state index contributed by atoms with van der Waals surface area (Å²) < 4.78 is 11.5. The first-order valence-electron chi connectivity index (χ1n) is 9.65. The predicted molar refractivity (Wildman–Crippen MR) is 115 cm³/mol. The molecular weight excluding hydrogens is 380 g/mol. The maximum absolute atomic E-state index is 12.7. The largest absolute Gasteiger partial charge is 0.494 e. The zero-order valence-corrected chi connectivity index (χ0v) is 16.8. The number of carbonyl (C=O) groups is 2.